The first-order valence-corrected chi connectivity index (χ1v) is 12.4. The number of carbonyl (C=O) groups is 2. The molecule has 0 aliphatic carbocycles. The van der Waals surface area contributed by atoms with Gasteiger partial charge in [0.1, 0.15) is 6.54 Å². The highest BCUT2D eigenvalue weighted by Crippen LogP contribution is 2.37. The van der Waals surface area contributed by atoms with Crippen LogP contribution in [0.1, 0.15) is 5.56 Å². The lowest BCUT2D eigenvalue weighted by Gasteiger charge is -2.13. The number of thiocarbonyl (C=S) groups is 1. The second-order valence-electron chi connectivity index (χ2n) is 8.20. The molecule has 9 heteroatoms. The van der Waals surface area contributed by atoms with Gasteiger partial charge in [0.15, 0.2) is 15.8 Å². The smallest absolute Gasteiger partial charge is 0.270 e. The molecule has 7 nitrogen and oxygen atoms in total. The molecule has 0 radical (unpaired) electrons. The summed E-state index contributed by atoms with van der Waals surface area (Å²) in [5.41, 5.74) is 3.11. The highest BCUT2D eigenvalue weighted by atomic mass is 32.2. The van der Waals surface area contributed by atoms with E-state index in [0.29, 0.717) is 26.4 Å². The maximum atomic E-state index is 13.2. The maximum Gasteiger partial charge on any atom is 0.270 e. The molecule has 36 heavy (non-hydrogen) atoms. The van der Waals surface area contributed by atoms with Crippen LogP contribution in [0.5, 0.6) is 11.5 Å². The standard InChI is InChI=1S/C27H19N3O4S2/c31-25(28-18-10-11-22-23(13-18)34-16-33-22)15-29-14-17(20-8-4-5-9-21(20)29)12-24-26(32)30(27(35)36-24)19-6-2-1-3-7-19/h1-14H,15-16H2,(H,28,31)/b24-12-. The fraction of sp³-hybridized carbons (Fsp3) is 0.0741. The van der Waals surface area contributed by atoms with E-state index < -0.39 is 0 Å². The van der Waals surface area contributed by atoms with Crippen molar-refractivity contribution < 1.29 is 19.1 Å². The third-order valence-electron chi connectivity index (χ3n) is 5.88. The summed E-state index contributed by atoms with van der Waals surface area (Å²) in [5, 5.41) is 3.85. The molecule has 1 aromatic heterocycles. The van der Waals surface area contributed by atoms with Crippen LogP contribution in [0.25, 0.3) is 17.0 Å². The second-order valence-corrected chi connectivity index (χ2v) is 9.87. The number of anilines is 2. The summed E-state index contributed by atoms with van der Waals surface area (Å²) >= 11 is 6.77. The zero-order valence-electron chi connectivity index (χ0n) is 18.8. The van der Waals surface area contributed by atoms with Crippen molar-refractivity contribution in [2.45, 2.75) is 6.54 Å². The molecule has 0 atom stereocenters. The number of thioether (sulfide) groups is 1. The molecule has 1 fully saturated rings. The molecule has 0 unspecified atom stereocenters. The molecule has 6 rings (SSSR count). The molecule has 0 saturated carbocycles. The van der Waals surface area contributed by atoms with Crippen molar-refractivity contribution in [1.82, 2.24) is 4.57 Å². The number of ether oxygens (including phenoxy) is 2. The van der Waals surface area contributed by atoms with Crippen molar-refractivity contribution in [1.29, 1.82) is 0 Å². The Morgan fingerprint density at radius 1 is 1.03 bits per heavy atom. The molecule has 0 bridgehead atoms. The number of amides is 2. The Labute approximate surface area is 216 Å². The molecule has 178 valence electrons. The number of aromatic nitrogens is 1. The Morgan fingerprint density at radius 3 is 2.67 bits per heavy atom. The lowest BCUT2D eigenvalue weighted by Crippen LogP contribution is -2.27. The Bertz CT molecular complexity index is 1560. The average Bonchev–Trinajstić information content (AvgIpc) is 3.56. The van der Waals surface area contributed by atoms with Gasteiger partial charge in [0, 0.05) is 34.4 Å². The van der Waals surface area contributed by atoms with E-state index in [-0.39, 0.29) is 25.2 Å². The SMILES string of the molecule is O=C(Cn1cc(/C=C2\SC(=S)N(c3ccccc3)C2=O)c2ccccc21)Nc1ccc2c(c1)OCO2. The number of carbonyl (C=O) groups excluding carboxylic acids is 2. The highest BCUT2D eigenvalue weighted by Gasteiger charge is 2.33. The fourth-order valence-corrected chi connectivity index (χ4v) is 5.55. The zero-order valence-corrected chi connectivity index (χ0v) is 20.5. The molecule has 3 aromatic carbocycles. The predicted molar refractivity (Wildman–Crippen MR) is 145 cm³/mol. The molecule has 2 aliphatic rings. The van der Waals surface area contributed by atoms with Crippen LogP contribution in [-0.2, 0) is 16.1 Å². The first kappa shape index (κ1) is 22.4. The molecule has 4 aromatic rings. The van der Waals surface area contributed by atoms with Gasteiger partial charge in [-0.25, -0.2) is 0 Å². The summed E-state index contributed by atoms with van der Waals surface area (Å²) in [6.45, 7) is 0.281. The first-order valence-electron chi connectivity index (χ1n) is 11.2. The van der Waals surface area contributed by atoms with E-state index in [1.165, 1.54) is 11.8 Å². The summed E-state index contributed by atoms with van der Waals surface area (Å²) in [6.07, 6.45) is 3.73. The predicted octanol–water partition coefficient (Wildman–Crippen LogP) is 5.41. The molecule has 2 amide bonds. The quantitative estimate of drug-likeness (QED) is 0.284. The van der Waals surface area contributed by atoms with E-state index in [4.69, 9.17) is 21.7 Å². The molecular weight excluding hydrogens is 494 g/mol. The van der Waals surface area contributed by atoms with Crippen molar-refractivity contribution in [3.63, 3.8) is 0 Å². The summed E-state index contributed by atoms with van der Waals surface area (Å²) in [5.74, 6) is 0.922. The Balaban J connectivity index is 1.27. The number of benzene rings is 3. The van der Waals surface area contributed by atoms with Gasteiger partial charge in [-0.3, -0.25) is 14.5 Å². The minimum Gasteiger partial charge on any atom is -0.454 e. The number of rotatable bonds is 5. The van der Waals surface area contributed by atoms with E-state index in [1.54, 1.807) is 23.1 Å². The van der Waals surface area contributed by atoms with E-state index in [9.17, 15) is 9.59 Å². The van der Waals surface area contributed by atoms with Crippen molar-refractivity contribution in [2.75, 3.05) is 17.0 Å². The molecule has 3 heterocycles. The molecular formula is C27H19N3O4S2. The van der Waals surface area contributed by atoms with Crippen molar-refractivity contribution in [3.05, 3.63) is 89.5 Å². The Kier molecular flexibility index (Phi) is 5.71. The first-order chi connectivity index (χ1) is 17.6. The van der Waals surface area contributed by atoms with Gasteiger partial charge in [-0.1, -0.05) is 60.4 Å². The Hall–Kier alpha value is -4.08. The number of nitrogens with zero attached hydrogens (tertiary/aromatic N) is 2. The minimum atomic E-state index is -0.184. The zero-order chi connectivity index (χ0) is 24.6. The van der Waals surface area contributed by atoms with Crippen molar-refractivity contribution >= 4 is 68.5 Å². The number of nitrogens with one attached hydrogen (secondary N) is 1. The van der Waals surface area contributed by atoms with E-state index in [2.05, 4.69) is 5.32 Å². The number of para-hydroxylation sites is 2. The largest absolute Gasteiger partial charge is 0.454 e. The third-order valence-corrected chi connectivity index (χ3v) is 7.19. The van der Waals surface area contributed by atoms with Gasteiger partial charge >= 0.3 is 0 Å². The van der Waals surface area contributed by atoms with Gasteiger partial charge in [-0.15, -0.1) is 0 Å². The molecule has 2 aliphatic heterocycles. The highest BCUT2D eigenvalue weighted by molar-refractivity contribution is 8.27. The number of hydrogen-bond donors (Lipinski definition) is 1. The van der Waals surface area contributed by atoms with Crippen LogP contribution in [-0.4, -0.2) is 27.5 Å². The topological polar surface area (TPSA) is 72.8 Å². The van der Waals surface area contributed by atoms with Gasteiger partial charge in [0.25, 0.3) is 5.91 Å². The van der Waals surface area contributed by atoms with Gasteiger partial charge in [0.05, 0.1) is 10.6 Å². The summed E-state index contributed by atoms with van der Waals surface area (Å²) in [6, 6.07) is 22.4. The third kappa shape index (κ3) is 4.12. The van der Waals surface area contributed by atoms with Crippen LogP contribution in [0, 0.1) is 0 Å². The number of hydrogen-bond acceptors (Lipinski definition) is 6. The summed E-state index contributed by atoms with van der Waals surface area (Å²) in [4.78, 5) is 28.1. The van der Waals surface area contributed by atoms with Crippen LogP contribution < -0.4 is 19.7 Å². The monoisotopic (exact) mass is 513 g/mol. The van der Waals surface area contributed by atoms with Gasteiger partial charge in [-0.05, 0) is 36.4 Å². The fourth-order valence-electron chi connectivity index (χ4n) is 4.26. The minimum absolute atomic E-state index is 0.105. The van der Waals surface area contributed by atoms with E-state index in [1.807, 2.05) is 71.4 Å². The lowest BCUT2D eigenvalue weighted by molar-refractivity contribution is -0.116. The van der Waals surface area contributed by atoms with Crippen LogP contribution >= 0.6 is 24.0 Å². The molecule has 0 spiro atoms. The van der Waals surface area contributed by atoms with Crippen LogP contribution in [0.3, 0.4) is 0 Å². The van der Waals surface area contributed by atoms with Crippen molar-refractivity contribution in [2.24, 2.45) is 0 Å². The van der Waals surface area contributed by atoms with Crippen LogP contribution in [0.2, 0.25) is 0 Å². The molecule has 1 N–H and O–H groups in total. The summed E-state index contributed by atoms with van der Waals surface area (Å²) < 4.78 is 13.1. The van der Waals surface area contributed by atoms with Crippen LogP contribution in [0.4, 0.5) is 11.4 Å². The average molecular weight is 514 g/mol. The van der Waals surface area contributed by atoms with Gasteiger partial charge in [-0.2, -0.15) is 0 Å². The lowest BCUT2D eigenvalue weighted by atomic mass is 10.1. The van der Waals surface area contributed by atoms with Gasteiger partial charge in [0.2, 0.25) is 12.7 Å². The normalized spacial score (nSPS) is 15.8. The number of fused-ring (bicyclic) bond motifs is 2. The van der Waals surface area contributed by atoms with Gasteiger partial charge < -0.3 is 19.4 Å². The van der Waals surface area contributed by atoms with Crippen LogP contribution in [0.15, 0.2) is 83.9 Å². The summed E-state index contributed by atoms with van der Waals surface area (Å²) in [7, 11) is 0. The van der Waals surface area contributed by atoms with E-state index >= 15 is 0 Å². The Morgan fingerprint density at radius 2 is 1.81 bits per heavy atom. The maximum absolute atomic E-state index is 13.2. The second kappa shape index (κ2) is 9.18. The van der Waals surface area contributed by atoms with E-state index in [0.717, 1.165) is 22.2 Å². The van der Waals surface area contributed by atoms with Crippen molar-refractivity contribution in [3.8, 4) is 11.5 Å². The molecule has 1 saturated heterocycles.